The van der Waals surface area contributed by atoms with Gasteiger partial charge in [0.2, 0.25) is 5.91 Å². The first kappa shape index (κ1) is 14.0. The van der Waals surface area contributed by atoms with Crippen LogP contribution in [0.25, 0.3) is 0 Å². The molecule has 118 valence electrons. The van der Waals surface area contributed by atoms with Crippen LogP contribution in [-0.4, -0.2) is 29.3 Å². The van der Waals surface area contributed by atoms with Crippen molar-refractivity contribution in [2.45, 2.75) is 25.2 Å². The van der Waals surface area contributed by atoms with E-state index in [1.807, 2.05) is 25.1 Å². The Bertz CT molecular complexity index is 771. The van der Waals surface area contributed by atoms with E-state index >= 15 is 0 Å². The molecule has 0 bridgehead atoms. The summed E-state index contributed by atoms with van der Waals surface area (Å²) in [5.41, 5.74) is 1.90. The number of rotatable bonds is 3. The lowest BCUT2D eigenvalue weighted by atomic mass is 9.94. The number of ether oxygens (including phenoxy) is 2. The predicted octanol–water partition coefficient (Wildman–Crippen LogP) is 2.23. The SMILES string of the molecule is Cc1nnccc1NC(=O)C1(c2ccc3c(c2)OCCO3)CC1. The van der Waals surface area contributed by atoms with Crippen LogP contribution in [0.2, 0.25) is 0 Å². The second kappa shape index (κ2) is 5.22. The molecular formula is C17H17N3O3. The Morgan fingerprint density at radius 3 is 2.70 bits per heavy atom. The fourth-order valence-electron chi connectivity index (χ4n) is 2.89. The number of carbonyl (C=O) groups excluding carboxylic acids is 1. The molecule has 1 saturated carbocycles. The van der Waals surface area contributed by atoms with Gasteiger partial charge in [-0.25, -0.2) is 0 Å². The summed E-state index contributed by atoms with van der Waals surface area (Å²) in [7, 11) is 0. The third-order valence-corrected chi connectivity index (χ3v) is 4.43. The van der Waals surface area contributed by atoms with Crippen molar-refractivity contribution in [2.24, 2.45) is 0 Å². The van der Waals surface area contributed by atoms with Crippen molar-refractivity contribution in [1.29, 1.82) is 0 Å². The van der Waals surface area contributed by atoms with Gasteiger partial charge in [-0.05, 0) is 43.5 Å². The molecule has 1 aliphatic heterocycles. The van der Waals surface area contributed by atoms with Crippen molar-refractivity contribution < 1.29 is 14.3 Å². The average molecular weight is 311 g/mol. The van der Waals surface area contributed by atoms with E-state index in [2.05, 4.69) is 15.5 Å². The van der Waals surface area contributed by atoms with E-state index in [9.17, 15) is 4.79 Å². The summed E-state index contributed by atoms with van der Waals surface area (Å²) in [5, 5.41) is 10.7. The van der Waals surface area contributed by atoms with Crippen molar-refractivity contribution in [3.8, 4) is 11.5 Å². The van der Waals surface area contributed by atoms with Crippen LogP contribution in [0.15, 0.2) is 30.5 Å². The molecule has 1 amide bonds. The molecule has 23 heavy (non-hydrogen) atoms. The molecule has 2 aliphatic rings. The fourth-order valence-corrected chi connectivity index (χ4v) is 2.89. The van der Waals surface area contributed by atoms with Gasteiger partial charge in [-0.3, -0.25) is 4.79 Å². The highest BCUT2D eigenvalue weighted by Crippen LogP contribution is 2.50. The Labute approximate surface area is 133 Å². The third kappa shape index (κ3) is 2.40. The zero-order chi connectivity index (χ0) is 15.9. The minimum atomic E-state index is -0.481. The quantitative estimate of drug-likeness (QED) is 0.941. The number of amides is 1. The Morgan fingerprint density at radius 1 is 1.17 bits per heavy atom. The number of fused-ring (bicyclic) bond motifs is 1. The van der Waals surface area contributed by atoms with Crippen molar-refractivity contribution in [3.63, 3.8) is 0 Å². The topological polar surface area (TPSA) is 73.3 Å². The molecule has 4 rings (SSSR count). The lowest BCUT2D eigenvalue weighted by Crippen LogP contribution is -2.28. The zero-order valence-electron chi connectivity index (χ0n) is 12.8. The minimum absolute atomic E-state index is 0.00900. The van der Waals surface area contributed by atoms with Crippen LogP contribution >= 0.6 is 0 Å². The maximum absolute atomic E-state index is 12.8. The van der Waals surface area contributed by atoms with Gasteiger partial charge in [0.15, 0.2) is 11.5 Å². The van der Waals surface area contributed by atoms with E-state index in [1.54, 1.807) is 12.3 Å². The van der Waals surface area contributed by atoms with E-state index < -0.39 is 5.41 Å². The van der Waals surface area contributed by atoms with E-state index in [-0.39, 0.29) is 5.91 Å². The van der Waals surface area contributed by atoms with Gasteiger partial charge in [0.05, 0.1) is 23.0 Å². The van der Waals surface area contributed by atoms with Gasteiger partial charge < -0.3 is 14.8 Å². The predicted molar refractivity (Wildman–Crippen MR) is 83.7 cm³/mol. The summed E-state index contributed by atoms with van der Waals surface area (Å²) >= 11 is 0. The fraction of sp³-hybridized carbons (Fsp3) is 0.353. The van der Waals surface area contributed by atoms with Gasteiger partial charge in [-0.15, -0.1) is 0 Å². The molecule has 6 heteroatoms. The monoisotopic (exact) mass is 311 g/mol. The second-order valence-corrected chi connectivity index (χ2v) is 5.92. The van der Waals surface area contributed by atoms with Crippen LogP contribution in [0.3, 0.4) is 0 Å². The van der Waals surface area contributed by atoms with Crippen molar-refractivity contribution in [3.05, 3.63) is 41.7 Å². The summed E-state index contributed by atoms with van der Waals surface area (Å²) in [4.78, 5) is 12.8. The maximum atomic E-state index is 12.8. The lowest BCUT2D eigenvalue weighted by molar-refractivity contribution is -0.118. The molecule has 1 aromatic carbocycles. The number of nitrogens with zero attached hydrogens (tertiary/aromatic N) is 2. The Kier molecular flexibility index (Phi) is 3.18. The molecular weight excluding hydrogens is 294 g/mol. The largest absolute Gasteiger partial charge is 0.486 e. The average Bonchev–Trinajstić information content (AvgIpc) is 3.38. The third-order valence-electron chi connectivity index (χ3n) is 4.43. The van der Waals surface area contributed by atoms with Gasteiger partial charge in [-0.1, -0.05) is 6.07 Å². The number of hydrogen-bond donors (Lipinski definition) is 1. The summed E-state index contributed by atoms with van der Waals surface area (Å²) in [5.74, 6) is 1.45. The molecule has 1 fully saturated rings. The van der Waals surface area contributed by atoms with Crippen molar-refractivity contribution in [1.82, 2.24) is 10.2 Å². The molecule has 1 N–H and O–H groups in total. The van der Waals surface area contributed by atoms with Crippen molar-refractivity contribution >= 4 is 11.6 Å². The molecule has 2 aromatic rings. The van der Waals surface area contributed by atoms with Crippen LogP contribution < -0.4 is 14.8 Å². The molecule has 2 heterocycles. The first-order valence-corrected chi connectivity index (χ1v) is 7.69. The molecule has 0 atom stereocenters. The Hall–Kier alpha value is -2.63. The molecule has 0 radical (unpaired) electrons. The number of nitrogens with one attached hydrogen (secondary N) is 1. The zero-order valence-corrected chi connectivity index (χ0v) is 12.8. The van der Waals surface area contributed by atoms with Crippen LogP contribution in [-0.2, 0) is 10.2 Å². The maximum Gasteiger partial charge on any atom is 0.235 e. The molecule has 0 saturated heterocycles. The number of carbonyl (C=O) groups is 1. The van der Waals surface area contributed by atoms with Crippen LogP contribution in [0.1, 0.15) is 24.1 Å². The van der Waals surface area contributed by atoms with E-state index in [4.69, 9.17) is 9.47 Å². The van der Waals surface area contributed by atoms with Crippen LogP contribution in [0.5, 0.6) is 11.5 Å². The van der Waals surface area contributed by atoms with Crippen LogP contribution in [0.4, 0.5) is 5.69 Å². The second-order valence-electron chi connectivity index (χ2n) is 5.92. The summed E-state index contributed by atoms with van der Waals surface area (Å²) in [6.45, 7) is 2.93. The number of aryl methyl sites for hydroxylation is 1. The Balaban J connectivity index is 1.61. The smallest absolute Gasteiger partial charge is 0.235 e. The molecule has 0 unspecified atom stereocenters. The molecule has 6 nitrogen and oxygen atoms in total. The highest BCUT2D eigenvalue weighted by Gasteiger charge is 2.51. The van der Waals surface area contributed by atoms with Gasteiger partial charge >= 0.3 is 0 Å². The molecule has 1 aromatic heterocycles. The summed E-state index contributed by atoms with van der Waals surface area (Å²) in [6, 6.07) is 7.53. The number of aromatic nitrogens is 2. The van der Waals surface area contributed by atoms with Gasteiger partial charge in [-0.2, -0.15) is 10.2 Å². The first-order valence-electron chi connectivity index (χ1n) is 7.69. The number of hydrogen-bond acceptors (Lipinski definition) is 5. The van der Waals surface area contributed by atoms with Crippen molar-refractivity contribution in [2.75, 3.05) is 18.5 Å². The van der Waals surface area contributed by atoms with Crippen LogP contribution in [0, 0.1) is 6.92 Å². The van der Waals surface area contributed by atoms with E-state index in [0.717, 1.165) is 29.9 Å². The van der Waals surface area contributed by atoms with Gasteiger partial charge in [0.25, 0.3) is 0 Å². The number of anilines is 1. The molecule has 1 aliphatic carbocycles. The standard InChI is InChI=1S/C17H17N3O3/c1-11-13(4-7-18-20-11)19-16(21)17(5-6-17)12-2-3-14-15(10-12)23-9-8-22-14/h2-4,7,10H,5-6,8-9H2,1H3,(H,18,19,21). The van der Waals surface area contributed by atoms with Gasteiger partial charge in [0, 0.05) is 0 Å². The lowest BCUT2D eigenvalue weighted by Gasteiger charge is -2.21. The summed E-state index contributed by atoms with van der Waals surface area (Å²) in [6.07, 6.45) is 3.23. The Morgan fingerprint density at radius 2 is 1.96 bits per heavy atom. The normalized spacial score (nSPS) is 17.4. The highest BCUT2D eigenvalue weighted by atomic mass is 16.6. The van der Waals surface area contributed by atoms with Gasteiger partial charge in [0.1, 0.15) is 13.2 Å². The molecule has 0 spiro atoms. The number of benzene rings is 1. The van der Waals surface area contributed by atoms with E-state index in [0.29, 0.717) is 24.6 Å². The van der Waals surface area contributed by atoms with E-state index in [1.165, 1.54) is 0 Å². The summed E-state index contributed by atoms with van der Waals surface area (Å²) < 4.78 is 11.2. The first-order chi connectivity index (χ1) is 11.2. The minimum Gasteiger partial charge on any atom is -0.486 e. The highest BCUT2D eigenvalue weighted by molar-refractivity contribution is 6.01.